The number of carbonyl (C=O) groups excluding carboxylic acids is 1. The maximum atomic E-state index is 13.4. The van der Waals surface area contributed by atoms with Crippen molar-refractivity contribution < 1.29 is 13.2 Å². The zero-order valence-electron chi connectivity index (χ0n) is 19.7. The molecule has 0 aromatic heterocycles. The van der Waals surface area contributed by atoms with Crippen molar-refractivity contribution in [3.8, 4) is 0 Å². The van der Waals surface area contributed by atoms with Crippen LogP contribution in [0.3, 0.4) is 0 Å². The van der Waals surface area contributed by atoms with Crippen LogP contribution in [0.25, 0.3) is 0 Å². The van der Waals surface area contributed by atoms with E-state index in [0.717, 1.165) is 34.2 Å². The molecule has 1 amide bonds. The van der Waals surface area contributed by atoms with Crippen molar-refractivity contribution in [2.24, 2.45) is 0 Å². The highest BCUT2D eigenvalue weighted by Crippen LogP contribution is 2.25. The van der Waals surface area contributed by atoms with Gasteiger partial charge in [-0.1, -0.05) is 41.4 Å². The predicted molar refractivity (Wildman–Crippen MR) is 139 cm³/mol. The van der Waals surface area contributed by atoms with Gasteiger partial charge in [0, 0.05) is 30.3 Å². The second kappa shape index (κ2) is 11.4. The Labute approximate surface area is 207 Å². The Morgan fingerprint density at radius 1 is 0.853 bits per heavy atom. The number of hydrogen-bond acceptors (Lipinski definition) is 4. The molecule has 0 bridgehead atoms. The van der Waals surface area contributed by atoms with Gasteiger partial charge < -0.3 is 10.2 Å². The van der Waals surface area contributed by atoms with Crippen molar-refractivity contribution in [1.82, 2.24) is 5.32 Å². The van der Waals surface area contributed by atoms with Crippen LogP contribution in [0, 0.1) is 6.92 Å². The predicted octanol–water partition coefficient (Wildman–Crippen LogP) is 5.01. The number of nitrogens with one attached hydrogen (secondary N) is 1. The molecule has 0 radical (unpaired) electrons. The Kier molecular flexibility index (Phi) is 8.58. The number of nitrogens with zero attached hydrogens (tertiary/aromatic N) is 2. The number of hydrogen-bond donors (Lipinski definition) is 1. The average molecular weight is 500 g/mol. The summed E-state index contributed by atoms with van der Waals surface area (Å²) in [5.74, 6) is -0.404. The maximum Gasteiger partial charge on any atom is 0.264 e. The number of sulfonamides is 1. The molecule has 180 valence electrons. The van der Waals surface area contributed by atoms with Crippen LogP contribution in [0.15, 0.2) is 77.7 Å². The molecule has 3 aromatic rings. The summed E-state index contributed by atoms with van der Waals surface area (Å²) >= 11 is 5.99. The second-order valence-corrected chi connectivity index (χ2v) is 10.2. The molecular formula is C26H30ClN3O3S. The normalized spacial score (nSPS) is 11.2. The molecule has 0 aliphatic heterocycles. The monoisotopic (exact) mass is 499 g/mol. The van der Waals surface area contributed by atoms with Crippen molar-refractivity contribution in [2.45, 2.75) is 32.2 Å². The third-order valence-corrected chi connectivity index (χ3v) is 7.61. The van der Waals surface area contributed by atoms with E-state index in [2.05, 4.69) is 24.1 Å². The third kappa shape index (κ3) is 6.30. The summed E-state index contributed by atoms with van der Waals surface area (Å²) in [4.78, 5) is 15.2. The van der Waals surface area contributed by atoms with Crippen LogP contribution >= 0.6 is 11.6 Å². The Hall–Kier alpha value is -3.03. The number of amides is 1. The first-order chi connectivity index (χ1) is 16.2. The lowest BCUT2D eigenvalue weighted by Crippen LogP contribution is -2.40. The van der Waals surface area contributed by atoms with Crippen LogP contribution in [-0.4, -0.2) is 34.0 Å². The van der Waals surface area contributed by atoms with Gasteiger partial charge >= 0.3 is 0 Å². The lowest BCUT2D eigenvalue weighted by Gasteiger charge is -2.24. The minimum Gasteiger partial charge on any atom is -0.372 e. The highest BCUT2D eigenvalue weighted by molar-refractivity contribution is 7.92. The fraction of sp³-hybridized carbons (Fsp3) is 0.269. The molecule has 0 aliphatic rings. The fourth-order valence-corrected chi connectivity index (χ4v) is 5.11. The standard InChI is InChI=1S/C26H30ClN3O3S/c1-4-29(5-2)23-12-8-21(9-13-23)18-28-26(31)19-30(24-14-10-22(27)11-15-24)34(32,33)25-16-6-20(3)7-17-25/h6-17H,4-5,18-19H2,1-3H3,(H,28,31). The van der Waals surface area contributed by atoms with E-state index in [1.54, 1.807) is 48.5 Å². The van der Waals surface area contributed by atoms with Gasteiger partial charge in [-0.05, 0) is 74.9 Å². The molecule has 0 saturated heterocycles. The quantitative estimate of drug-likeness (QED) is 0.426. The molecule has 0 aliphatic carbocycles. The van der Waals surface area contributed by atoms with Gasteiger partial charge in [0.1, 0.15) is 6.54 Å². The Morgan fingerprint density at radius 3 is 1.97 bits per heavy atom. The van der Waals surface area contributed by atoms with Gasteiger partial charge in [0.05, 0.1) is 10.6 Å². The summed E-state index contributed by atoms with van der Waals surface area (Å²) in [5.41, 5.74) is 3.37. The average Bonchev–Trinajstić information content (AvgIpc) is 2.83. The highest BCUT2D eigenvalue weighted by Gasteiger charge is 2.27. The van der Waals surface area contributed by atoms with E-state index in [-0.39, 0.29) is 11.4 Å². The van der Waals surface area contributed by atoms with Gasteiger partial charge in [-0.2, -0.15) is 0 Å². The molecule has 0 saturated carbocycles. The smallest absolute Gasteiger partial charge is 0.264 e. The molecule has 34 heavy (non-hydrogen) atoms. The van der Waals surface area contributed by atoms with Crippen LogP contribution in [0.2, 0.25) is 5.02 Å². The zero-order valence-corrected chi connectivity index (χ0v) is 21.2. The molecular weight excluding hydrogens is 470 g/mol. The lowest BCUT2D eigenvalue weighted by atomic mass is 10.2. The fourth-order valence-electron chi connectivity index (χ4n) is 3.56. The van der Waals surface area contributed by atoms with E-state index in [9.17, 15) is 13.2 Å². The second-order valence-electron chi connectivity index (χ2n) is 7.92. The Morgan fingerprint density at radius 2 is 1.41 bits per heavy atom. The molecule has 0 heterocycles. The molecule has 1 N–H and O–H groups in total. The summed E-state index contributed by atoms with van der Waals surface area (Å²) in [6.45, 7) is 7.88. The Bertz CT molecular complexity index is 1190. The lowest BCUT2D eigenvalue weighted by molar-refractivity contribution is -0.119. The van der Waals surface area contributed by atoms with Crippen molar-refractivity contribution >= 4 is 38.9 Å². The van der Waals surface area contributed by atoms with Crippen LogP contribution in [-0.2, 0) is 21.4 Å². The molecule has 0 fully saturated rings. The maximum absolute atomic E-state index is 13.4. The van der Waals surface area contributed by atoms with Crippen LogP contribution in [0.1, 0.15) is 25.0 Å². The van der Waals surface area contributed by atoms with E-state index in [0.29, 0.717) is 17.3 Å². The van der Waals surface area contributed by atoms with E-state index in [1.165, 1.54) is 0 Å². The van der Waals surface area contributed by atoms with Gasteiger partial charge in [-0.25, -0.2) is 8.42 Å². The number of carbonyl (C=O) groups is 1. The van der Waals surface area contributed by atoms with E-state index in [4.69, 9.17) is 11.6 Å². The number of benzene rings is 3. The molecule has 3 aromatic carbocycles. The number of rotatable bonds is 10. The molecule has 0 spiro atoms. The molecule has 3 rings (SSSR count). The minimum absolute atomic E-state index is 0.118. The molecule has 0 unspecified atom stereocenters. The molecule has 8 heteroatoms. The SMILES string of the molecule is CCN(CC)c1ccc(CNC(=O)CN(c2ccc(Cl)cc2)S(=O)(=O)c2ccc(C)cc2)cc1. The van der Waals surface area contributed by atoms with Gasteiger partial charge in [0.2, 0.25) is 5.91 Å². The van der Waals surface area contributed by atoms with Crippen molar-refractivity contribution in [1.29, 1.82) is 0 Å². The van der Waals surface area contributed by atoms with Crippen LogP contribution in [0.5, 0.6) is 0 Å². The number of anilines is 2. The first kappa shape index (κ1) is 25.6. The van der Waals surface area contributed by atoms with Gasteiger partial charge in [-0.15, -0.1) is 0 Å². The van der Waals surface area contributed by atoms with Crippen LogP contribution < -0.4 is 14.5 Å². The van der Waals surface area contributed by atoms with Gasteiger partial charge in [0.25, 0.3) is 10.0 Å². The number of aryl methyl sites for hydroxylation is 1. The van der Waals surface area contributed by atoms with Gasteiger partial charge in [-0.3, -0.25) is 9.10 Å². The largest absolute Gasteiger partial charge is 0.372 e. The van der Waals surface area contributed by atoms with Crippen molar-refractivity contribution in [3.05, 3.63) is 88.9 Å². The first-order valence-corrected chi connectivity index (χ1v) is 13.0. The van der Waals surface area contributed by atoms with Crippen molar-refractivity contribution in [2.75, 3.05) is 28.8 Å². The summed E-state index contributed by atoms with van der Waals surface area (Å²) in [6, 6.07) is 20.9. The summed E-state index contributed by atoms with van der Waals surface area (Å²) in [5, 5.41) is 3.32. The van der Waals surface area contributed by atoms with Gasteiger partial charge in [0.15, 0.2) is 0 Å². The first-order valence-electron chi connectivity index (χ1n) is 11.2. The van der Waals surface area contributed by atoms with Crippen LogP contribution in [0.4, 0.5) is 11.4 Å². The van der Waals surface area contributed by atoms with E-state index in [1.807, 2.05) is 31.2 Å². The highest BCUT2D eigenvalue weighted by atomic mass is 35.5. The van der Waals surface area contributed by atoms with E-state index >= 15 is 0 Å². The minimum atomic E-state index is -3.96. The Balaban J connectivity index is 1.76. The molecule has 6 nitrogen and oxygen atoms in total. The number of halogens is 1. The van der Waals surface area contributed by atoms with Crippen molar-refractivity contribution in [3.63, 3.8) is 0 Å². The topological polar surface area (TPSA) is 69.7 Å². The third-order valence-electron chi connectivity index (χ3n) is 5.57. The van der Waals surface area contributed by atoms with E-state index < -0.39 is 15.9 Å². The summed E-state index contributed by atoms with van der Waals surface area (Å²) in [6.07, 6.45) is 0. The molecule has 0 atom stereocenters. The summed E-state index contributed by atoms with van der Waals surface area (Å²) in [7, 11) is -3.96. The summed E-state index contributed by atoms with van der Waals surface area (Å²) < 4.78 is 27.9. The zero-order chi connectivity index (χ0) is 24.7.